The number of benzene rings is 4. The molecule has 0 amide bonds. The molecule has 39 heavy (non-hydrogen) atoms. The molecule has 0 saturated carbocycles. The Bertz CT molecular complexity index is 1280. The molecular formula is C34H30Cl2NiP2. The molecule has 6 rings (SSSR count). The van der Waals surface area contributed by atoms with E-state index in [1.807, 2.05) is 0 Å². The summed E-state index contributed by atoms with van der Waals surface area (Å²) in [4.78, 5) is 0. The van der Waals surface area contributed by atoms with Crippen molar-refractivity contribution in [2.24, 2.45) is 0 Å². The van der Waals surface area contributed by atoms with E-state index in [0.717, 1.165) is 0 Å². The topological polar surface area (TPSA) is 0 Å². The SMILES string of the molecule is C1=CC(=[PH](c2ccccc2)c2ccccc2)C=C1.C1=CC(=[PH](c2ccccc2)c2ccccc2)C=C1.[Cl][Ni][Cl]. The summed E-state index contributed by atoms with van der Waals surface area (Å²) in [6, 6.07) is 43.3. The van der Waals surface area contributed by atoms with Gasteiger partial charge in [-0.3, -0.25) is 0 Å². The molecule has 0 heterocycles. The molecule has 5 heteroatoms. The second-order valence-electron chi connectivity index (χ2n) is 8.61. The first-order chi connectivity index (χ1) is 19.3. The zero-order chi connectivity index (χ0) is 27.1. The van der Waals surface area contributed by atoms with Crippen molar-refractivity contribution in [1.29, 1.82) is 0 Å². The quantitative estimate of drug-likeness (QED) is 0.161. The number of allylic oxidation sites excluding steroid dienone is 8. The van der Waals surface area contributed by atoms with E-state index in [1.165, 1.54) is 31.8 Å². The molecule has 0 aliphatic heterocycles. The zero-order valence-electron chi connectivity index (χ0n) is 21.2. The number of hydrogen-bond donors (Lipinski definition) is 0. The number of rotatable bonds is 4. The van der Waals surface area contributed by atoms with Crippen LogP contribution in [0.25, 0.3) is 0 Å². The van der Waals surface area contributed by atoms with E-state index in [-0.39, 0.29) is 0 Å². The summed E-state index contributed by atoms with van der Waals surface area (Å²) in [7, 11) is 7.73. The molecule has 0 spiro atoms. The van der Waals surface area contributed by atoms with Crippen molar-refractivity contribution >= 4 is 67.3 Å². The Kier molecular flexibility index (Phi) is 12.5. The van der Waals surface area contributed by atoms with Crippen LogP contribution in [0.1, 0.15) is 0 Å². The maximum atomic E-state index is 4.70. The van der Waals surface area contributed by atoms with Crippen molar-refractivity contribution in [1.82, 2.24) is 0 Å². The molecule has 4 aromatic rings. The van der Waals surface area contributed by atoms with Gasteiger partial charge in [-0.05, 0) is 31.8 Å². The first kappa shape index (κ1) is 29.5. The van der Waals surface area contributed by atoms with Gasteiger partial charge in [-0.15, -0.1) is 0 Å². The van der Waals surface area contributed by atoms with Crippen LogP contribution in [0.15, 0.2) is 170 Å². The first-order valence-corrected chi connectivity index (χ1v) is 18.3. The van der Waals surface area contributed by atoms with Crippen molar-refractivity contribution in [2.75, 3.05) is 0 Å². The molecule has 2 aliphatic rings. The minimum atomic E-state index is -0.834. The fraction of sp³-hybridized carbons (Fsp3) is 0. The molecule has 0 fully saturated rings. The van der Waals surface area contributed by atoms with Gasteiger partial charge in [-0.2, -0.15) is 0 Å². The normalized spacial score (nSPS) is 13.0. The number of hydrogen-bond acceptors (Lipinski definition) is 0. The van der Waals surface area contributed by atoms with Gasteiger partial charge in [0.15, 0.2) is 0 Å². The van der Waals surface area contributed by atoms with Crippen LogP contribution in [0.3, 0.4) is 0 Å². The summed E-state index contributed by atoms with van der Waals surface area (Å²) >= 11 is 0.569. The third-order valence-electron chi connectivity index (χ3n) is 6.15. The van der Waals surface area contributed by atoms with E-state index in [4.69, 9.17) is 20.4 Å². The molecular weight excluding hydrogens is 600 g/mol. The molecule has 0 bridgehead atoms. The summed E-state index contributed by atoms with van der Waals surface area (Å²) in [5, 5.41) is 8.69. The predicted molar refractivity (Wildman–Crippen MR) is 179 cm³/mol. The van der Waals surface area contributed by atoms with Gasteiger partial charge in [-0.1, -0.05) is 185 Å². The van der Waals surface area contributed by atoms with E-state index in [9.17, 15) is 0 Å². The Labute approximate surface area is 248 Å². The van der Waals surface area contributed by atoms with Crippen LogP contribution in [0, 0.1) is 0 Å². The van der Waals surface area contributed by atoms with Crippen LogP contribution in [-0.2, 0) is 12.7 Å². The van der Waals surface area contributed by atoms with Gasteiger partial charge in [-0.25, -0.2) is 0 Å². The van der Waals surface area contributed by atoms with Crippen LogP contribution in [0.2, 0.25) is 0 Å². The zero-order valence-corrected chi connectivity index (χ0v) is 25.7. The molecule has 2 aliphatic carbocycles. The van der Waals surface area contributed by atoms with E-state index in [2.05, 4.69) is 170 Å². The molecule has 0 unspecified atom stereocenters. The van der Waals surface area contributed by atoms with Gasteiger partial charge in [0, 0.05) is 0 Å². The third kappa shape index (κ3) is 8.75. The standard InChI is InChI=1S/2C17H15P.2ClH.Ni/c2*1-3-9-15(10-4-1)18(17-13-7-8-14-17)16-11-5-2-6-12-16;;;/h2*1-14,18H;2*1H;/q;;;;+2/p-2. The van der Waals surface area contributed by atoms with Crippen molar-refractivity contribution in [3.8, 4) is 0 Å². The summed E-state index contributed by atoms with van der Waals surface area (Å²) in [6.45, 7) is 0. The third-order valence-corrected chi connectivity index (χ3v) is 11.6. The Morgan fingerprint density at radius 1 is 0.359 bits per heavy atom. The van der Waals surface area contributed by atoms with E-state index >= 15 is 0 Å². The minimum absolute atomic E-state index is 0.569. The fourth-order valence-electron chi connectivity index (χ4n) is 4.50. The maximum absolute atomic E-state index is 4.70. The predicted octanol–water partition coefficient (Wildman–Crippen LogP) is 7.68. The number of halogens is 2. The molecule has 0 radical (unpaired) electrons. The molecule has 4 aromatic carbocycles. The van der Waals surface area contributed by atoms with Crippen LogP contribution in [0.5, 0.6) is 0 Å². The molecule has 0 atom stereocenters. The van der Waals surface area contributed by atoms with Crippen LogP contribution in [0.4, 0.5) is 0 Å². The van der Waals surface area contributed by atoms with Gasteiger partial charge in [0.1, 0.15) is 0 Å². The van der Waals surface area contributed by atoms with Crippen LogP contribution >= 0.6 is 35.5 Å². The van der Waals surface area contributed by atoms with E-state index in [1.54, 1.807) is 0 Å². The average molecular weight is 630 g/mol. The van der Waals surface area contributed by atoms with Crippen molar-refractivity contribution in [3.05, 3.63) is 170 Å². The van der Waals surface area contributed by atoms with Gasteiger partial charge in [0.25, 0.3) is 0 Å². The van der Waals surface area contributed by atoms with Crippen molar-refractivity contribution in [3.63, 3.8) is 0 Å². The van der Waals surface area contributed by atoms with E-state index < -0.39 is 15.1 Å². The Morgan fingerprint density at radius 2 is 0.564 bits per heavy atom. The van der Waals surface area contributed by atoms with Crippen molar-refractivity contribution < 1.29 is 12.7 Å². The summed E-state index contributed by atoms with van der Waals surface area (Å²) in [5.41, 5.74) is 0. The van der Waals surface area contributed by atoms with Gasteiger partial charge in [0.05, 0.1) is 0 Å². The summed E-state index contributed by atoms with van der Waals surface area (Å²) < 4.78 is 0. The van der Waals surface area contributed by atoms with E-state index in [0.29, 0.717) is 12.7 Å². The Morgan fingerprint density at radius 3 is 0.769 bits per heavy atom. The van der Waals surface area contributed by atoms with Crippen molar-refractivity contribution in [2.45, 2.75) is 0 Å². The van der Waals surface area contributed by atoms with Gasteiger partial charge < -0.3 is 0 Å². The molecule has 0 saturated heterocycles. The second kappa shape index (κ2) is 16.6. The Balaban J connectivity index is 0.000000165. The van der Waals surface area contributed by atoms with Gasteiger partial charge >= 0.3 is 33.0 Å². The van der Waals surface area contributed by atoms with Crippen LogP contribution < -0.4 is 21.2 Å². The summed E-state index contributed by atoms with van der Waals surface area (Å²) in [6.07, 6.45) is 17.5. The Hall–Kier alpha value is -2.49. The first-order valence-electron chi connectivity index (χ1n) is 12.5. The molecule has 0 nitrogen and oxygen atoms in total. The van der Waals surface area contributed by atoms with Gasteiger partial charge in [0.2, 0.25) is 0 Å². The summed E-state index contributed by atoms with van der Waals surface area (Å²) in [5.74, 6) is 0. The monoisotopic (exact) mass is 628 g/mol. The average Bonchev–Trinajstić information content (AvgIpc) is 3.72. The molecule has 0 aromatic heterocycles. The second-order valence-corrected chi connectivity index (χ2v) is 15.2. The molecule has 0 N–H and O–H groups in total. The molecule has 200 valence electrons. The fourth-order valence-corrected chi connectivity index (χ4v) is 9.66. The van der Waals surface area contributed by atoms with Crippen LogP contribution in [-0.4, -0.2) is 10.6 Å².